The standard InChI is InChI=1S/C16H20BrN3OS/c1-10(2)7-13(18)16-20-14(9-22-16)15(21)19-8-11-5-3-4-6-12(11)17/h3-6,9-10,13H,7-8,18H2,1-2H3,(H,19,21). The number of halogens is 1. The lowest BCUT2D eigenvalue weighted by Crippen LogP contribution is -2.23. The molecule has 1 aromatic heterocycles. The second-order valence-corrected chi connectivity index (χ2v) is 7.33. The van der Waals surface area contributed by atoms with E-state index in [4.69, 9.17) is 5.73 Å². The molecule has 0 aliphatic carbocycles. The van der Waals surface area contributed by atoms with Crippen molar-refractivity contribution in [3.8, 4) is 0 Å². The lowest BCUT2D eigenvalue weighted by atomic mass is 10.1. The van der Waals surface area contributed by atoms with Crippen LogP contribution in [0, 0.1) is 5.92 Å². The normalized spacial score (nSPS) is 12.4. The number of hydrogen-bond acceptors (Lipinski definition) is 4. The van der Waals surface area contributed by atoms with Crippen LogP contribution in [-0.2, 0) is 6.54 Å². The summed E-state index contributed by atoms with van der Waals surface area (Å²) in [7, 11) is 0. The number of nitrogens with zero attached hydrogens (tertiary/aromatic N) is 1. The maximum atomic E-state index is 12.2. The smallest absolute Gasteiger partial charge is 0.271 e. The molecular weight excluding hydrogens is 362 g/mol. The lowest BCUT2D eigenvalue weighted by Gasteiger charge is -2.10. The van der Waals surface area contributed by atoms with Gasteiger partial charge < -0.3 is 11.1 Å². The lowest BCUT2D eigenvalue weighted by molar-refractivity contribution is 0.0946. The number of thiazole rings is 1. The molecule has 1 amide bonds. The van der Waals surface area contributed by atoms with Crippen LogP contribution in [0.1, 0.15) is 47.4 Å². The number of hydrogen-bond donors (Lipinski definition) is 2. The van der Waals surface area contributed by atoms with E-state index in [1.807, 2.05) is 24.3 Å². The topological polar surface area (TPSA) is 68.0 Å². The van der Waals surface area contributed by atoms with Gasteiger partial charge in [0.05, 0.1) is 6.04 Å². The molecular formula is C16H20BrN3OS. The Morgan fingerprint density at radius 2 is 2.14 bits per heavy atom. The zero-order valence-electron chi connectivity index (χ0n) is 12.7. The van der Waals surface area contributed by atoms with E-state index < -0.39 is 0 Å². The van der Waals surface area contributed by atoms with Gasteiger partial charge in [-0.25, -0.2) is 4.98 Å². The molecule has 0 fully saturated rings. The Morgan fingerprint density at radius 3 is 2.82 bits per heavy atom. The average Bonchev–Trinajstić information content (AvgIpc) is 2.95. The second-order valence-electron chi connectivity index (χ2n) is 5.58. The monoisotopic (exact) mass is 381 g/mol. The number of carbonyl (C=O) groups is 1. The Labute approximate surface area is 143 Å². The number of aromatic nitrogens is 1. The zero-order valence-corrected chi connectivity index (χ0v) is 15.1. The summed E-state index contributed by atoms with van der Waals surface area (Å²) in [6.07, 6.45) is 0.867. The van der Waals surface area contributed by atoms with E-state index in [9.17, 15) is 4.79 Å². The molecule has 2 aromatic rings. The summed E-state index contributed by atoms with van der Waals surface area (Å²) >= 11 is 4.91. The van der Waals surface area contributed by atoms with Gasteiger partial charge in [-0.1, -0.05) is 48.0 Å². The van der Waals surface area contributed by atoms with Gasteiger partial charge in [-0.2, -0.15) is 0 Å². The van der Waals surface area contributed by atoms with Crippen LogP contribution in [0.2, 0.25) is 0 Å². The van der Waals surface area contributed by atoms with Gasteiger partial charge in [0.15, 0.2) is 0 Å². The van der Waals surface area contributed by atoms with Crippen molar-refractivity contribution in [2.45, 2.75) is 32.9 Å². The fourth-order valence-electron chi connectivity index (χ4n) is 2.08. The molecule has 1 aromatic carbocycles. The number of nitrogens with two attached hydrogens (primary N) is 1. The van der Waals surface area contributed by atoms with E-state index in [1.165, 1.54) is 11.3 Å². The summed E-state index contributed by atoms with van der Waals surface area (Å²) in [5, 5.41) is 5.47. The van der Waals surface area contributed by atoms with Gasteiger partial charge in [0.1, 0.15) is 10.7 Å². The SMILES string of the molecule is CC(C)CC(N)c1nc(C(=O)NCc2ccccc2Br)cs1. The third-order valence-electron chi connectivity index (χ3n) is 3.19. The fraction of sp³-hybridized carbons (Fsp3) is 0.375. The van der Waals surface area contributed by atoms with Gasteiger partial charge in [-0.15, -0.1) is 11.3 Å². The summed E-state index contributed by atoms with van der Waals surface area (Å²) < 4.78 is 0.980. The first-order chi connectivity index (χ1) is 10.5. The predicted molar refractivity (Wildman–Crippen MR) is 93.8 cm³/mol. The van der Waals surface area contributed by atoms with Crippen molar-refractivity contribution in [2.24, 2.45) is 11.7 Å². The molecule has 118 valence electrons. The van der Waals surface area contributed by atoms with E-state index >= 15 is 0 Å². The molecule has 0 radical (unpaired) electrons. The summed E-state index contributed by atoms with van der Waals surface area (Å²) in [5.74, 6) is 0.335. The first-order valence-corrected chi connectivity index (χ1v) is 8.87. The van der Waals surface area contributed by atoms with Crippen LogP contribution in [0.5, 0.6) is 0 Å². The fourth-order valence-corrected chi connectivity index (χ4v) is 3.32. The first kappa shape index (κ1) is 17.1. The molecule has 22 heavy (non-hydrogen) atoms. The largest absolute Gasteiger partial charge is 0.347 e. The van der Waals surface area contributed by atoms with Crippen LogP contribution in [0.25, 0.3) is 0 Å². The number of benzene rings is 1. The van der Waals surface area contributed by atoms with E-state index in [0.29, 0.717) is 18.2 Å². The highest BCUT2D eigenvalue weighted by Gasteiger charge is 2.16. The molecule has 2 rings (SSSR count). The van der Waals surface area contributed by atoms with Gasteiger partial charge in [0.25, 0.3) is 5.91 Å². The highest BCUT2D eigenvalue weighted by atomic mass is 79.9. The zero-order chi connectivity index (χ0) is 16.1. The second kappa shape index (κ2) is 7.85. The molecule has 1 heterocycles. The van der Waals surface area contributed by atoms with Crippen molar-refractivity contribution in [3.05, 3.63) is 50.4 Å². The van der Waals surface area contributed by atoms with E-state index in [1.54, 1.807) is 5.38 Å². The predicted octanol–water partition coefficient (Wildman–Crippen LogP) is 3.88. The summed E-state index contributed by atoms with van der Waals surface area (Å²) in [6, 6.07) is 7.70. The molecule has 6 heteroatoms. The van der Waals surface area contributed by atoms with Gasteiger partial charge in [-0.3, -0.25) is 4.79 Å². The summed E-state index contributed by atoms with van der Waals surface area (Å²) in [6.45, 7) is 4.71. The Kier molecular flexibility index (Phi) is 6.11. The molecule has 1 atom stereocenters. The Morgan fingerprint density at radius 1 is 1.41 bits per heavy atom. The maximum Gasteiger partial charge on any atom is 0.271 e. The number of amides is 1. The van der Waals surface area contributed by atoms with Crippen molar-refractivity contribution in [2.75, 3.05) is 0 Å². The van der Waals surface area contributed by atoms with Crippen LogP contribution in [-0.4, -0.2) is 10.9 Å². The molecule has 1 unspecified atom stereocenters. The minimum absolute atomic E-state index is 0.102. The third kappa shape index (κ3) is 4.63. The minimum atomic E-state index is -0.171. The molecule has 4 nitrogen and oxygen atoms in total. The van der Waals surface area contributed by atoms with E-state index in [0.717, 1.165) is 21.5 Å². The van der Waals surface area contributed by atoms with Crippen molar-refractivity contribution >= 4 is 33.2 Å². The van der Waals surface area contributed by atoms with Gasteiger partial charge >= 0.3 is 0 Å². The summed E-state index contributed by atoms with van der Waals surface area (Å²) in [5.41, 5.74) is 7.57. The number of rotatable bonds is 6. The van der Waals surface area contributed by atoms with Crippen molar-refractivity contribution in [3.63, 3.8) is 0 Å². The number of nitrogens with one attached hydrogen (secondary N) is 1. The van der Waals surface area contributed by atoms with Gasteiger partial charge in [-0.05, 0) is 24.0 Å². The Hall–Kier alpha value is -1.24. The van der Waals surface area contributed by atoms with E-state index in [-0.39, 0.29) is 11.9 Å². The van der Waals surface area contributed by atoms with Crippen LogP contribution < -0.4 is 11.1 Å². The Balaban J connectivity index is 1.96. The van der Waals surface area contributed by atoms with Crippen molar-refractivity contribution < 1.29 is 4.79 Å². The molecule has 0 aliphatic heterocycles. The highest BCUT2D eigenvalue weighted by Crippen LogP contribution is 2.22. The highest BCUT2D eigenvalue weighted by molar-refractivity contribution is 9.10. The quantitative estimate of drug-likeness (QED) is 0.797. The molecule has 0 aliphatic rings. The average molecular weight is 382 g/mol. The third-order valence-corrected chi connectivity index (χ3v) is 4.94. The minimum Gasteiger partial charge on any atom is -0.347 e. The van der Waals surface area contributed by atoms with Crippen LogP contribution in [0.15, 0.2) is 34.1 Å². The molecule has 3 N–H and O–H groups in total. The van der Waals surface area contributed by atoms with Crippen LogP contribution >= 0.6 is 27.3 Å². The molecule has 0 saturated heterocycles. The Bertz CT molecular complexity index is 642. The number of carbonyl (C=O) groups excluding carboxylic acids is 1. The maximum absolute atomic E-state index is 12.2. The van der Waals surface area contributed by atoms with Crippen LogP contribution in [0.4, 0.5) is 0 Å². The molecule has 0 bridgehead atoms. The van der Waals surface area contributed by atoms with Crippen molar-refractivity contribution in [1.82, 2.24) is 10.3 Å². The van der Waals surface area contributed by atoms with Gasteiger partial charge in [0.2, 0.25) is 0 Å². The first-order valence-electron chi connectivity index (χ1n) is 7.20. The van der Waals surface area contributed by atoms with Crippen LogP contribution in [0.3, 0.4) is 0 Å². The summed E-state index contributed by atoms with van der Waals surface area (Å²) in [4.78, 5) is 16.5. The molecule has 0 spiro atoms. The van der Waals surface area contributed by atoms with E-state index in [2.05, 4.69) is 40.1 Å². The van der Waals surface area contributed by atoms with Crippen molar-refractivity contribution in [1.29, 1.82) is 0 Å². The molecule has 0 saturated carbocycles. The van der Waals surface area contributed by atoms with Gasteiger partial charge in [0, 0.05) is 16.4 Å².